The molecule has 2 atom stereocenters. The minimum atomic E-state index is -1.48. The number of rotatable bonds is 9. The quantitative estimate of drug-likeness (QED) is 0.0975. The first-order chi connectivity index (χ1) is 18.3. The summed E-state index contributed by atoms with van der Waals surface area (Å²) in [6, 6.07) is 2.66. The van der Waals surface area contributed by atoms with Crippen LogP contribution in [0.3, 0.4) is 0 Å². The van der Waals surface area contributed by atoms with Crippen LogP contribution in [-0.2, 0) is 30.6 Å². The van der Waals surface area contributed by atoms with Gasteiger partial charge < -0.3 is 31.1 Å². The molecule has 3 aromatic rings. The average molecular weight is 574 g/mol. The monoisotopic (exact) mass is 573 g/mol. The van der Waals surface area contributed by atoms with Crippen LogP contribution in [-0.4, -0.2) is 64.1 Å². The summed E-state index contributed by atoms with van der Waals surface area (Å²) in [6.45, 7) is 0.193. The number of hydrogen-bond donors (Lipinski definition) is 3. The number of pyridine rings is 1. The molecule has 0 radical (unpaired) electrons. The van der Waals surface area contributed by atoms with Crippen molar-refractivity contribution in [2.24, 2.45) is 5.16 Å². The number of nitrogen functional groups attached to an aromatic ring is 1. The highest BCUT2D eigenvalue weighted by molar-refractivity contribution is 8.00. The Hall–Kier alpha value is -4.02. The number of carbonyl (C=O) groups excluding carboxylic acids is 4. The van der Waals surface area contributed by atoms with Gasteiger partial charge in [0.25, 0.3) is 16.6 Å². The Morgan fingerprint density at radius 1 is 1.39 bits per heavy atom. The van der Waals surface area contributed by atoms with Crippen LogP contribution in [0.1, 0.15) is 5.69 Å². The second-order valence-corrected chi connectivity index (χ2v) is 10.9. The molecule has 1 unspecified atom stereocenters. The highest BCUT2D eigenvalue weighted by Gasteiger charge is 2.53. The zero-order valence-corrected chi connectivity index (χ0v) is 22.0. The summed E-state index contributed by atoms with van der Waals surface area (Å²) >= 11 is 3.84. The Morgan fingerprint density at radius 3 is 2.89 bits per heavy atom. The van der Waals surface area contributed by atoms with Crippen molar-refractivity contribution >= 4 is 85.4 Å². The Labute approximate surface area is 227 Å². The van der Waals surface area contributed by atoms with Crippen LogP contribution in [0.4, 0.5) is 10.8 Å². The van der Waals surface area contributed by atoms with E-state index in [1.807, 2.05) is 10.6 Å². The molecule has 2 aliphatic heterocycles. The number of nitrogens with zero attached hydrogens (tertiary/aromatic N) is 4. The second-order valence-electron chi connectivity index (χ2n) is 8.06. The molecule has 0 saturated carbocycles. The molecule has 2 aliphatic rings. The molecule has 0 aliphatic carbocycles. The number of carboxylic acid groups (broad SMARTS) is 1. The lowest BCUT2D eigenvalue weighted by atomic mass is 10.0. The van der Waals surface area contributed by atoms with E-state index in [4.69, 9.17) is 10.6 Å². The van der Waals surface area contributed by atoms with E-state index >= 15 is 0 Å². The fourth-order valence-corrected chi connectivity index (χ4v) is 7.12. The minimum absolute atomic E-state index is 0.159. The van der Waals surface area contributed by atoms with Crippen molar-refractivity contribution in [1.29, 1.82) is 0 Å². The van der Waals surface area contributed by atoms with Gasteiger partial charge in [0.2, 0.25) is 6.41 Å². The number of carbonyl (C=O) groups is 4. The summed E-state index contributed by atoms with van der Waals surface area (Å²) in [5.74, 6) is -2.48. The molecule has 38 heavy (non-hydrogen) atoms. The number of fused-ring (bicyclic) bond motifs is 2. The normalized spacial score (nSPS) is 19.1. The largest absolute Gasteiger partial charge is 0.543 e. The van der Waals surface area contributed by atoms with Gasteiger partial charge in [-0.3, -0.25) is 19.3 Å². The number of thioether (sulfide) groups is 1. The number of aromatic nitrogens is 2. The fourth-order valence-electron chi connectivity index (χ4n) is 4.25. The maximum Gasteiger partial charge on any atom is 0.276 e. The van der Waals surface area contributed by atoms with Gasteiger partial charge in [0.05, 0.1) is 22.7 Å². The summed E-state index contributed by atoms with van der Waals surface area (Å²) in [5, 5.41) is 24.9. The standard InChI is InChI=1S/C22H19N7O6S3/c1-35-27-14(13-8-38-22(23)25-13)17(31)26-15-18(32)29-16(21(33)34)10(6-36-20(15)29)5-28-4-2-3-11-12(24-9-30)7-37-19(11)28/h2-4,7-9,15,20H,5-6H2,1H3,(H4-,23,24,25,26,30,31,33,34)/b27-14-/t15?,20-/m1/s1. The second kappa shape index (κ2) is 10.4. The molecule has 0 spiro atoms. The number of nitrogens with two attached hydrogens (primary N) is 1. The third kappa shape index (κ3) is 4.46. The van der Waals surface area contributed by atoms with Crippen molar-refractivity contribution in [3.05, 3.63) is 46.1 Å². The van der Waals surface area contributed by atoms with Crippen LogP contribution in [0.2, 0.25) is 0 Å². The number of nitrogens with one attached hydrogen (secondary N) is 2. The number of aliphatic carboxylic acids is 1. The summed E-state index contributed by atoms with van der Waals surface area (Å²) in [5.41, 5.74) is 6.60. The predicted molar refractivity (Wildman–Crippen MR) is 139 cm³/mol. The van der Waals surface area contributed by atoms with Gasteiger partial charge in [0.1, 0.15) is 24.2 Å². The van der Waals surface area contributed by atoms with Crippen LogP contribution in [0.25, 0.3) is 10.2 Å². The van der Waals surface area contributed by atoms with E-state index in [-0.39, 0.29) is 28.8 Å². The molecular formula is C22H19N7O6S3. The van der Waals surface area contributed by atoms with Crippen molar-refractivity contribution in [2.75, 3.05) is 23.9 Å². The molecule has 1 saturated heterocycles. The molecule has 13 nitrogen and oxygen atoms in total. The number of thiazole rings is 1. The van der Waals surface area contributed by atoms with Crippen LogP contribution >= 0.6 is 34.4 Å². The number of anilines is 2. The van der Waals surface area contributed by atoms with Crippen molar-refractivity contribution in [3.63, 3.8) is 0 Å². The van der Waals surface area contributed by atoms with Gasteiger partial charge in [-0.2, -0.15) is 4.57 Å². The third-order valence-corrected chi connectivity index (χ3v) is 8.91. The molecule has 5 rings (SSSR count). The maximum absolute atomic E-state index is 13.1. The molecule has 16 heteroatoms. The molecule has 4 N–H and O–H groups in total. The summed E-state index contributed by atoms with van der Waals surface area (Å²) in [6.07, 6.45) is 2.39. The van der Waals surface area contributed by atoms with E-state index in [0.29, 0.717) is 23.4 Å². The average Bonchev–Trinajstić information content (AvgIpc) is 3.52. The Kier molecular flexibility index (Phi) is 7.00. The van der Waals surface area contributed by atoms with Crippen LogP contribution in [0, 0.1) is 0 Å². The molecular weight excluding hydrogens is 554 g/mol. The first-order valence-corrected chi connectivity index (χ1v) is 13.8. The van der Waals surface area contributed by atoms with E-state index in [1.165, 1.54) is 35.6 Å². The Balaban J connectivity index is 1.38. The topological polar surface area (TPSA) is 183 Å². The molecule has 3 amide bonds. The number of amides is 3. The summed E-state index contributed by atoms with van der Waals surface area (Å²) in [4.78, 5) is 59.8. The van der Waals surface area contributed by atoms with Gasteiger partial charge in [0.15, 0.2) is 23.6 Å². The van der Waals surface area contributed by atoms with Crippen molar-refractivity contribution < 1.29 is 33.7 Å². The van der Waals surface area contributed by atoms with Crippen LogP contribution in [0.15, 0.2) is 45.5 Å². The molecule has 5 heterocycles. The molecule has 3 aromatic heterocycles. The van der Waals surface area contributed by atoms with Crippen molar-refractivity contribution in [2.45, 2.75) is 18.0 Å². The van der Waals surface area contributed by atoms with Gasteiger partial charge in [-0.05, 0) is 6.07 Å². The lowest BCUT2D eigenvalue weighted by Gasteiger charge is -2.50. The molecule has 0 aromatic carbocycles. The zero-order valence-electron chi connectivity index (χ0n) is 19.6. The van der Waals surface area contributed by atoms with E-state index in [2.05, 4.69) is 20.8 Å². The lowest BCUT2D eigenvalue weighted by Crippen LogP contribution is -2.71. The van der Waals surface area contributed by atoms with E-state index in [9.17, 15) is 24.3 Å². The van der Waals surface area contributed by atoms with Gasteiger partial charge in [-0.15, -0.1) is 23.1 Å². The van der Waals surface area contributed by atoms with Crippen molar-refractivity contribution in [3.8, 4) is 0 Å². The van der Waals surface area contributed by atoms with E-state index in [0.717, 1.165) is 26.5 Å². The Morgan fingerprint density at radius 2 is 2.21 bits per heavy atom. The molecule has 0 bridgehead atoms. The number of hydrogen-bond acceptors (Lipinski definition) is 12. The SMILES string of the molecule is CO/N=C(\C(=O)NC1C(=O)N2C(C(=O)[O-])=C(C[n+]3cccc4c(NC=O)csc43)CS[C@H]12)c1csc(N)n1. The molecule has 196 valence electrons. The minimum Gasteiger partial charge on any atom is -0.543 e. The summed E-state index contributed by atoms with van der Waals surface area (Å²) < 4.78 is 1.85. The highest BCUT2D eigenvalue weighted by Crippen LogP contribution is 2.40. The van der Waals surface area contributed by atoms with Crippen LogP contribution < -0.4 is 26.0 Å². The summed E-state index contributed by atoms with van der Waals surface area (Å²) in [7, 11) is 1.27. The van der Waals surface area contributed by atoms with Gasteiger partial charge in [0, 0.05) is 28.2 Å². The highest BCUT2D eigenvalue weighted by atomic mass is 32.2. The van der Waals surface area contributed by atoms with Gasteiger partial charge in [-0.25, -0.2) is 4.98 Å². The van der Waals surface area contributed by atoms with Crippen molar-refractivity contribution in [1.82, 2.24) is 15.2 Å². The first kappa shape index (κ1) is 25.6. The zero-order chi connectivity index (χ0) is 27.0. The lowest BCUT2D eigenvalue weighted by molar-refractivity contribution is -0.661. The number of β-lactam (4-membered cyclic amide) rings is 1. The van der Waals surface area contributed by atoms with E-state index < -0.39 is 29.2 Å². The smallest absolute Gasteiger partial charge is 0.276 e. The van der Waals surface area contributed by atoms with Gasteiger partial charge in [-0.1, -0.05) is 16.5 Å². The first-order valence-electron chi connectivity index (χ1n) is 10.9. The number of oxime groups is 1. The predicted octanol–water partition coefficient (Wildman–Crippen LogP) is -0.750. The number of thiophene rings is 1. The maximum atomic E-state index is 13.1. The van der Waals surface area contributed by atoms with Crippen LogP contribution in [0.5, 0.6) is 0 Å². The Bertz CT molecular complexity index is 1530. The fraction of sp³-hybridized carbons (Fsp3) is 0.227. The molecule has 1 fully saturated rings. The van der Waals surface area contributed by atoms with E-state index in [1.54, 1.807) is 17.6 Å². The third-order valence-electron chi connectivity index (χ3n) is 5.86. The number of carboxylic acids is 1. The van der Waals surface area contributed by atoms with Gasteiger partial charge >= 0.3 is 0 Å².